The summed E-state index contributed by atoms with van der Waals surface area (Å²) in [7, 11) is -6.00. The van der Waals surface area contributed by atoms with Crippen molar-refractivity contribution in [3.8, 4) is 0 Å². The van der Waals surface area contributed by atoms with E-state index in [1.54, 1.807) is 0 Å². The molecular formula is C12H9BBrF4I. The Kier molecular flexibility index (Phi) is 6.85. The van der Waals surface area contributed by atoms with Gasteiger partial charge in [0.2, 0.25) is 0 Å². The van der Waals surface area contributed by atoms with Crippen LogP contribution in [0.4, 0.5) is 17.3 Å². The molecule has 0 unspecified atom stereocenters. The molecule has 19 heavy (non-hydrogen) atoms. The molecule has 0 fully saturated rings. The van der Waals surface area contributed by atoms with Crippen molar-refractivity contribution >= 4 is 23.2 Å². The molecule has 0 nitrogen and oxygen atoms in total. The lowest BCUT2D eigenvalue weighted by Gasteiger charge is -1.94. The first-order valence-corrected chi connectivity index (χ1v) is 8.12. The van der Waals surface area contributed by atoms with Gasteiger partial charge in [0.1, 0.15) is 0 Å². The van der Waals surface area contributed by atoms with Crippen molar-refractivity contribution in [1.82, 2.24) is 0 Å². The third-order valence-corrected chi connectivity index (χ3v) is 4.87. The van der Waals surface area contributed by atoms with E-state index >= 15 is 0 Å². The SMILES string of the molecule is Brc1cccc([I+]c2ccccc2)c1.F[B-](F)(F)F. The minimum atomic E-state index is -6.00. The van der Waals surface area contributed by atoms with Gasteiger partial charge < -0.3 is 17.3 Å². The minimum Gasteiger partial charge on any atom is -0.418 e. The first kappa shape index (κ1) is 16.5. The Hall–Kier alpha value is -0.565. The molecule has 0 spiro atoms. The topological polar surface area (TPSA) is 0 Å². The third kappa shape index (κ3) is 9.04. The molecule has 2 aromatic rings. The van der Waals surface area contributed by atoms with Crippen molar-refractivity contribution in [3.05, 3.63) is 66.2 Å². The predicted octanol–water partition coefficient (Wildman–Crippen LogP) is 1.88. The van der Waals surface area contributed by atoms with E-state index in [1.807, 2.05) is 0 Å². The summed E-state index contributed by atoms with van der Waals surface area (Å²) in [6, 6.07) is 19.3. The van der Waals surface area contributed by atoms with Crippen molar-refractivity contribution in [1.29, 1.82) is 0 Å². The summed E-state index contributed by atoms with van der Waals surface area (Å²) in [6.07, 6.45) is 0. The summed E-state index contributed by atoms with van der Waals surface area (Å²) >= 11 is 3.48. The monoisotopic (exact) mass is 446 g/mol. The van der Waals surface area contributed by atoms with Crippen LogP contribution in [0.2, 0.25) is 0 Å². The van der Waals surface area contributed by atoms with E-state index in [9.17, 15) is 17.3 Å². The molecule has 0 aliphatic rings. The second kappa shape index (κ2) is 7.89. The maximum absolute atomic E-state index is 9.75. The van der Waals surface area contributed by atoms with Crippen molar-refractivity contribution < 1.29 is 38.5 Å². The zero-order valence-electron chi connectivity index (χ0n) is 9.54. The van der Waals surface area contributed by atoms with Gasteiger partial charge in [0.05, 0.1) is 0 Å². The summed E-state index contributed by atoms with van der Waals surface area (Å²) in [4.78, 5) is 0. The highest BCUT2D eigenvalue weighted by Crippen LogP contribution is 2.06. The molecule has 7 heteroatoms. The van der Waals surface area contributed by atoms with Gasteiger partial charge in [-0.1, -0.05) is 40.2 Å². The third-order valence-electron chi connectivity index (χ3n) is 1.74. The second-order valence-electron chi connectivity index (χ2n) is 3.32. The van der Waals surface area contributed by atoms with Gasteiger partial charge in [0.15, 0.2) is 7.14 Å². The smallest absolute Gasteiger partial charge is 0.418 e. The molecule has 0 N–H and O–H groups in total. The zero-order chi connectivity index (χ0) is 14.3. The molecular weight excluding hydrogens is 438 g/mol. The van der Waals surface area contributed by atoms with E-state index in [0.717, 1.165) is 0 Å². The number of halogens is 6. The van der Waals surface area contributed by atoms with E-state index in [-0.39, 0.29) is 21.2 Å². The van der Waals surface area contributed by atoms with Gasteiger partial charge in [0, 0.05) is 10.5 Å². The molecule has 0 saturated carbocycles. The van der Waals surface area contributed by atoms with Gasteiger partial charge in [-0.2, -0.15) is 0 Å². The highest BCUT2D eigenvalue weighted by Gasteiger charge is 2.20. The van der Waals surface area contributed by atoms with Crippen LogP contribution in [0.3, 0.4) is 0 Å². The van der Waals surface area contributed by atoms with Crippen LogP contribution in [-0.2, 0) is 0 Å². The van der Waals surface area contributed by atoms with E-state index in [0.29, 0.717) is 0 Å². The molecule has 0 radical (unpaired) electrons. The van der Waals surface area contributed by atoms with E-state index in [4.69, 9.17) is 0 Å². The molecule has 0 bridgehead atoms. The molecule has 0 heterocycles. The van der Waals surface area contributed by atoms with Crippen LogP contribution in [0.15, 0.2) is 59.1 Å². The van der Waals surface area contributed by atoms with Crippen LogP contribution in [0.25, 0.3) is 0 Å². The quantitative estimate of drug-likeness (QED) is 0.375. The average molecular weight is 447 g/mol. The maximum atomic E-state index is 9.75. The summed E-state index contributed by atoms with van der Waals surface area (Å²) in [5.74, 6) is 0. The molecule has 0 atom stereocenters. The summed E-state index contributed by atoms with van der Waals surface area (Å²) < 4.78 is 43.1. The Balaban J connectivity index is 0.000000312. The fourth-order valence-electron chi connectivity index (χ4n) is 1.12. The molecule has 2 aromatic carbocycles. The summed E-state index contributed by atoms with van der Waals surface area (Å²) in [6.45, 7) is 0. The number of rotatable bonds is 2. The first-order valence-electron chi connectivity index (χ1n) is 5.17. The van der Waals surface area contributed by atoms with Crippen molar-refractivity contribution in [2.24, 2.45) is 0 Å². The van der Waals surface area contributed by atoms with Gasteiger partial charge in [-0.25, -0.2) is 0 Å². The summed E-state index contributed by atoms with van der Waals surface area (Å²) in [5.41, 5.74) is 0. The Morgan fingerprint density at radius 1 is 0.789 bits per heavy atom. The Labute approximate surface area is 127 Å². The van der Waals surface area contributed by atoms with Gasteiger partial charge in [0.25, 0.3) is 0 Å². The average Bonchev–Trinajstić information content (AvgIpc) is 2.28. The Morgan fingerprint density at radius 2 is 1.32 bits per heavy atom. The standard InChI is InChI=1S/C12H9BrI.BF4/c13-10-5-4-8-12(9-10)14-11-6-2-1-3-7-11;2-1(3,4)5/h1-9H;/q+1;-1. The van der Waals surface area contributed by atoms with E-state index in [1.165, 1.54) is 11.6 Å². The Morgan fingerprint density at radius 3 is 1.84 bits per heavy atom. The second-order valence-corrected chi connectivity index (χ2v) is 7.27. The number of hydrogen-bond acceptors (Lipinski definition) is 0. The molecule has 0 amide bonds. The number of benzene rings is 2. The molecule has 0 saturated heterocycles. The van der Waals surface area contributed by atoms with Gasteiger partial charge in [-0.3, -0.25) is 0 Å². The van der Waals surface area contributed by atoms with Crippen LogP contribution in [-0.4, -0.2) is 7.25 Å². The van der Waals surface area contributed by atoms with Crippen LogP contribution in [0.5, 0.6) is 0 Å². The zero-order valence-corrected chi connectivity index (χ0v) is 13.3. The van der Waals surface area contributed by atoms with Crippen molar-refractivity contribution in [2.45, 2.75) is 0 Å². The highest BCUT2D eigenvalue weighted by atomic mass is 127. The molecule has 0 aromatic heterocycles. The highest BCUT2D eigenvalue weighted by molar-refractivity contribution is 9.10. The molecule has 2 rings (SSSR count). The fraction of sp³-hybridized carbons (Fsp3) is 0. The van der Waals surface area contributed by atoms with Crippen LogP contribution < -0.4 is 21.2 Å². The molecule has 0 aliphatic carbocycles. The van der Waals surface area contributed by atoms with Crippen LogP contribution in [0, 0.1) is 7.14 Å². The lowest BCUT2D eigenvalue weighted by molar-refractivity contribution is -0.597. The molecule has 102 valence electrons. The first-order chi connectivity index (χ1) is 8.84. The van der Waals surface area contributed by atoms with Crippen LogP contribution in [0.1, 0.15) is 0 Å². The van der Waals surface area contributed by atoms with Gasteiger partial charge in [-0.15, -0.1) is 0 Å². The lowest BCUT2D eigenvalue weighted by Crippen LogP contribution is -3.61. The van der Waals surface area contributed by atoms with Gasteiger partial charge in [-0.05, 0) is 24.3 Å². The summed E-state index contributed by atoms with van der Waals surface area (Å²) in [5, 5.41) is 0. The Bertz CT molecular complexity index is 499. The van der Waals surface area contributed by atoms with Crippen molar-refractivity contribution in [2.75, 3.05) is 0 Å². The van der Waals surface area contributed by atoms with E-state index < -0.39 is 7.25 Å². The minimum absolute atomic E-state index is 0.0181. The van der Waals surface area contributed by atoms with Crippen molar-refractivity contribution in [3.63, 3.8) is 0 Å². The predicted molar refractivity (Wildman–Crippen MR) is 68.2 cm³/mol. The fourth-order valence-corrected chi connectivity index (χ4v) is 4.32. The van der Waals surface area contributed by atoms with Crippen LogP contribution >= 0.6 is 15.9 Å². The lowest BCUT2D eigenvalue weighted by atomic mass is 10.3. The largest absolute Gasteiger partial charge is 0.673 e. The maximum Gasteiger partial charge on any atom is 0.673 e. The van der Waals surface area contributed by atoms with Gasteiger partial charge >= 0.3 is 28.5 Å². The van der Waals surface area contributed by atoms with E-state index in [2.05, 4.69) is 70.5 Å². The normalized spacial score (nSPS) is 10.6. The molecule has 0 aliphatic heterocycles. The number of hydrogen-bond donors (Lipinski definition) is 0.